The topological polar surface area (TPSA) is 0 Å². The van der Waals surface area contributed by atoms with Crippen molar-refractivity contribution in [3.8, 4) is 22.3 Å². The van der Waals surface area contributed by atoms with Gasteiger partial charge in [0.15, 0.2) is 0 Å². The van der Waals surface area contributed by atoms with Crippen LogP contribution in [0, 0.1) is 11.6 Å². The van der Waals surface area contributed by atoms with Gasteiger partial charge in [-0.1, -0.05) is 55.8 Å². The van der Waals surface area contributed by atoms with Crippen LogP contribution in [0.1, 0.15) is 30.9 Å². The van der Waals surface area contributed by atoms with Crippen molar-refractivity contribution in [3.63, 3.8) is 0 Å². The summed E-state index contributed by atoms with van der Waals surface area (Å²) in [4.78, 5) is 0. The smallest absolute Gasteiger partial charge is 0.206 e. The standard InChI is InChI=1S/C27H21F5/c1-2-3-4-17-5-6-20-14-21(8-7-19(20)13-17)22-15-24(28)26(25(29)16-22)18-9-11-23(12-10-18)27(30,31)32/h5-16H,2-4H2,1H3. The van der Waals surface area contributed by atoms with Crippen LogP contribution in [0.3, 0.4) is 0 Å². The number of benzene rings is 4. The van der Waals surface area contributed by atoms with E-state index in [1.165, 1.54) is 17.7 Å². The van der Waals surface area contributed by atoms with E-state index in [0.717, 1.165) is 54.3 Å². The van der Waals surface area contributed by atoms with Gasteiger partial charge in [-0.25, -0.2) is 8.78 Å². The Morgan fingerprint density at radius 2 is 1.25 bits per heavy atom. The van der Waals surface area contributed by atoms with E-state index in [2.05, 4.69) is 19.1 Å². The minimum Gasteiger partial charge on any atom is -0.206 e. The van der Waals surface area contributed by atoms with E-state index in [1.54, 1.807) is 0 Å². The molecular formula is C27H21F5. The molecule has 4 aromatic carbocycles. The third kappa shape index (κ3) is 4.52. The molecule has 4 rings (SSSR count). The monoisotopic (exact) mass is 440 g/mol. The van der Waals surface area contributed by atoms with Gasteiger partial charge >= 0.3 is 6.18 Å². The van der Waals surface area contributed by atoms with Crippen molar-refractivity contribution in [1.82, 2.24) is 0 Å². The highest BCUT2D eigenvalue weighted by Crippen LogP contribution is 2.35. The van der Waals surface area contributed by atoms with Gasteiger partial charge in [-0.2, -0.15) is 13.2 Å². The van der Waals surface area contributed by atoms with Crippen molar-refractivity contribution in [1.29, 1.82) is 0 Å². The quantitative estimate of drug-likeness (QED) is 0.272. The fourth-order valence-corrected chi connectivity index (χ4v) is 3.85. The number of hydrogen-bond acceptors (Lipinski definition) is 0. The first-order chi connectivity index (χ1) is 15.3. The molecule has 0 amide bonds. The summed E-state index contributed by atoms with van der Waals surface area (Å²) in [6.45, 7) is 2.15. The molecule has 0 bridgehead atoms. The zero-order valence-corrected chi connectivity index (χ0v) is 17.4. The first-order valence-electron chi connectivity index (χ1n) is 10.5. The largest absolute Gasteiger partial charge is 0.416 e. The highest BCUT2D eigenvalue weighted by Gasteiger charge is 2.30. The van der Waals surface area contributed by atoms with E-state index in [9.17, 15) is 22.0 Å². The van der Waals surface area contributed by atoms with Crippen LogP contribution >= 0.6 is 0 Å². The lowest BCUT2D eigenvalue weighted by Crippen LogP contribution is -2.04. The number of fused-ring (bicyclic) bond motifs is 1. The molecule has 0 unspecified atom stereocenters. The number of halogens is 5. The maximum atomic E-state index is 14.8. The summed E-state index contributed by atoms with van der Waals surface area (Å²) in [5.41, 5.74) is 1.13. The summed E-state index contributed by atoms with van der Waals surface area (Å²) in [5.74, 6) is -1.65. The number of aryl methyl sites for hydroxylation is 1. The molecule has 0 aliphatic heterocycles. The molecule has 0 aromatic heterocycles. The number of rotatable bonds is 5. The highest BCUT2D eigenvalue weighted by molar-refractivity contribution is 5.88. The van der Waals surface area contributed by atoms with Crippen LogP contribution in [0.15, 0.2) is 72.8 Å². The van der Waals surface area contributed by atoms with Gasteiger partial charge in [-0.3, -0.25) is 0 Å². The fourth-order valence-electron chi connectivity index (χ4n) is 3.85. The summed E-state index contributed by atoms with van der Waals surface area (Å²) < 4.78 is 68.0. The molecule has 32 heavy (non-hydrogen) atoms. The van der Waals surface area contributed by atoms with Crippen LogP contribution in [-0.4, -0.2) is 0 Å². The third-order valence-electron chi connectivity index (χ3n) is 5.60. The number of alkyl halides is 3. The lowest BCUT2D eigenvalue weighted by atomic mass is 9.96. The normalized spacial score (nSPS) is 11.8. The lowest BCUT2D eigenvalue weighted by molar-refractivity contribution is -0.137. The maximum absolute atomic E-state index is 14.8. The molecule has 0 saturated carbocycles. The SMILES string of the molecule is CCCCc1ccc2cc(-c3cc(F)c(-c4ccc(C(F)(F)F)cc4)c(F)c3)ccc2c1. The molecule has 0 heterocycles. The van der Waals surface area contributed by atoms with Gasteiger partial charge in [0.25, 0.3) is 0 Å². The molecule has 5 heteroatoms. The van der Waals surface area contributed by atoms with E-state index >= 15 is 0 Å². The minimum absolute atomic E-state index is 0.0534. The molecule has 0 nitrogen and oxygen atoms in total. The number of hydrogen-bond donors (Lipinski definition) is 0. The number of unbranched alkanes of at least 4 members (excludes halogenated alkanes) is 1. The van der Waals surface area contributed by atoms with Gasteiger partial charge in [0, 0.05) is 0 Å². The predicted octanol–water partition coefficient (Wildman–Crippen LogP) is 8.81. The Morgan fingerprint density at radius 1 is 0.656 bits per heavy atom. The molecule has 0 aliphatic carbocycles. The van der Waals surface area contributed by atoms with Crippen molar-refractivity contribution in [3.05, 3.63) is 95.6 Å². The zero-order chi connectivity index (χ0) is 22.9. The fraction of sp³-hybridized carbons (Fsp3) is 0.185. The summed E-state index contributed by atoms with van der Waals surface area (Å²) in [6, 6.07) is 18.1. The van der Waals surface area contributed by atoms with Gasteiger partial charge in [0.2, 0.25) is 0 Å². The maximum Gasteiger partial charge on any atom is 0.416 e. The molecule has 0 saturated heterocycles. The van der Waals surface area contributed by atoms with Crippen LogP contribution in [0.25, 0.3) is 33.0 Å². The average molecular weight is 440 g/mol. The first kappa shape index (κ1) is 22.0. The summed E-state index contributed by atoms with van der Waals surface area (Å²) in [7, 11) is 0. The zero-order valence-electron chi connectivity index (χ0n) is 17.4. The Hall–Kier alpha value is -3.21. The lowest BCUT2D eigenvalue weighted by Gasteiger charge is -2.11. The molecule has 0 N–H and O–H groups in total. The minimum atomic E-state index is -4.51. The van der Waals surface area contributed by atoms with Crippen molar-refractivity contribution < 1.29 is 22.0 Å². The Bertz CT molecular complexity index is 1230. The Morgan fingerprint density at radius 3 is 1.88 bits per heavy atom. The molecule has 0 radical (unpaired) electrons. The summed E-state index contributed by atoms with van der Waals surface area (Å²) in [6.07, 6.45) is -1.26. The molecule has 0 fully saturated rings. The van der Waals surface area contributed by atoms with E-state index in [0.29, 0.717) is 11.1 Å². The van der Waals surface area contributed by atoms with Crippen molar-refractivity contribution in [2.45, 2.75) is 32.4 Å². The second-order valence-corrected chi connectivity index (χ2v) is 7.89. The third-order valence-corrected chi connectivity index (χ3v) is 5.60. The van der Waals surface area contributed by atoms with Crippen LogP contribution in [-0.2, 0) is 12.6 Å². The van der Waals surface area contributed by atoms with Gasteiger partial charge in [0.1, 0.15) is 11.6 Å². The van der Waals surface area contributed by atoms with Gasteiger partial charge < -0.3 is 0 Å². The van der Waals surface area contributed by atoms with E-state index in [-0.39, 0.29) is 11.1 Å². The van der Waals surface area contributed by atoms with Crippen LogP contribution in [0.2, 0.25) is 0 Å². The molecular weight excluding hydrogens is 419 g/mol. The summed E-state index contributed by atoms with van der Waals surface area (Å²) in [5, 5.41) is 2.03. The summed E-state index contributed by atoms with van der Waals surface area (Å²) >= 11 is 0. The van der Waals surface area contributed by atoms with Crippen molar-refractivity contribution in [2.24, 2.45) is 0 Å². The van der Waals surface area contributed by atoms with Gasteiger partial charge in [-0.05, 0) is 76.2 Å². The van der Waals surface area contributed by atoms with Gasteiger partial charge in [-0.15, -0.1) is 0 Å². The predicted molar refractivity (Wildman–Crippen MR) is 118 cm³/mol. The van der Waals surface area contributed by atoms with E-state index in [1.807, 2.05) is 24.3 Å². The van der Waals surface area contributed by atoms with Gasteiger partial charge in [0.05, 0.1) is 11.1 Å². The second-order valence-electron chi connectivity index (χ2n) is 7.89. The van der Waals surface area contributed by atoms with Crippen LogP contribution < -0.4 is 0 Å². The Labute approximate surface area is 183 Å². The van der Waals surface area contributed by atoms with Crippen molar-refractivity contribution >= 4 is 10.8 Å². The first-order valence-corrected chi connectivity index (χ1v) is 10.5. The average Bonchev–Trinajstić information content (AvgIpc) is 2.76. The van der Waals surface area contributed by atoms with E-state index in [4.69, 9.17) is 0 Å². The molecule has 0 spiro atoms. The Kier molecular flexibility index (Phi) is 6.00. The van der Waals surface area contributed by atoms with Crippen LogP contribution in [0.4, 0.5) is 22.0 Å². The molecule has 0 aliphatic rings. The molecule has 0 atom stereocenters. The highest BCUT2D eigenvalue weighted by atomic mass is 19.4. The van der Waals surface area contributed by atoms with Crippen LogP contribution in [0.5, 0.6) is 0 Å². The van der Waals surface area contributed by atoms with E-state index < -0.39 is 23.4 Å². The second kappa shape index (κ2) is 8.73. The Balaban J connectivity index is 1.67. The van der Waals surface area contributed by atoms with Crippen molar-refractivity contribution in [2.75, 3.05) is 0 Å². The molecule has 164 valence electrons. The molecule has 4 aromatic rings.